The zero-order chi connectivity index (χ0) is 15.0. The highest BCUT2D eigenvalue weighted by Gasteiger charge is 2.28. The van der Waals surface area contributed by atoms with Crippen LogP contribution in [-0.4, -0.2) is 42.5 Å². The maximum Gasteiger partial charge on any atom is 0.237 e. The normalized spacial score (nSPS) is 23.4. The summed E-state index contributed by atoms with van der Waals surface area (Å²) in [6.07, 6.45) is 9.74. The van der Waals surface area contributed by atoms with Gasteiger partial charge in [-0.3, -0.25) is 4.79 Å². The number of likely N-dealkylation sites (tertiary alicyclic amines) is 1. The zero-order valence-corrected chi connectivity index (χ0v) is 13.6. The summed E-state index contributed by atoms with van der Waals surface area (Å²) >= 11 is 0. The van der Waals surface area contributed by atoms with Crippen molar-refractivity contribution in [2.75, 3.05) is 20.1 Å². The van der Waals surface area contributed by atoms with Gasteiger partial charge >= 0.3 is 0 Å². The predicted octanol–water partition coefficient (Wildman–Crippen LogP) is 2.27. The first-order chi connectivity index (χ1) is 9.53. The summed E-state index contributed by atoms with van der Waals surface area (Å²) in [5, 5.41) is 3.06. The highest BCUT2D eigenvalue weighted by atomic mass is 16.1. The second kappa shape index (κ2) is 8.63. The van der Waals surface area contributed by atoms with Crippen molar-refractivity contribution in [3.8, 4) is 0 Å². The fraction of sp³-hybridized carbons (Fsp3) is 0.938. The third kappa shape index (κ3) is 5.06. The molecule has 1 aliphatic heterocycles. The summed E-state index contributed by atoms with van der Waals surface area (Å²) in [4.78, 5) is 14.1. The van der Waals surface area contributed by atoms with Crippen molar-refractivity contribution in [2.24, 2.45) is 5.73 Å². The summed E-state index contributed by atoms with van der Waals surface area (Å²) in [7, 11) is 1.81. The standard InChI is InChI=1S/C16H33N3O/c1-4-9-14-10-5-7-12-19(14)13-8-6-11-16(2,18-3)15(17)20/h14,18H,4-13H2,1-3H3,(H2,17,20). The van der Waals surface area contributed by atoms with Crippen LogP contribution in [0.15, 0.2) is 0 Å². The van der Waals surface area contributed by atoms with Crippen LogP contribution in [0.1, 0.15) is 65.2 Å². The Morgan fingerprint density at radius 1 is 1.40 bits per heavy atom. The van der Waals surface area contributed by atoms with E-state index in [1.54, 1.807) is 0 Å². The van der Waals surface area contributed by atoms with Gasteiger partial charge in [0, 0.05) is 6.04 Å². The minimum atomic E-state index is -0.551. The number of unbranched alkanes of at least 4 members (excludes halogenated alkanes) is 1. The van der Waals surface area contributed by atoms with Gasteiger partial charge in [-0.2, -0.15) is 0 Å². The van der Waals surface area contributed by atoms with Gasteiger partial charge in [0.25, 0.3) is 0 Å². The number of carbonyl (C=O) groups is 1. The van der Waals surface area contributed by atoms with E-state index in [9.17, 15) is 4.79 Å². The van der Waals surface area contributed by atoms with Crippen LogP contribution >= 0.6 is 0 Å². The highest BCUT2D eigenvalue weighted by Crippen LogP contribution is 2.22. The minimum Gasteiger partial charge on any atom is -0.368 e. The van der Waals surface area contributed by atoms with Gasteiger partial charge in [-0.15, -0.1) is 0 Å². The number of likely N-dealkylation sites (N-methyl/N-ethyl adjacent to an activating group) is 1. The van der Waals surface area contributed by atoms with E-state index in [0.29, 0.717) is 0 Å². The molecule has 0 bridgehead atoms. The van der Waals surface area contributed by atoms with Gasteiger partial charge in [0.2, 0.25) is 5.91 Å². The van der Waals surface area contributed by atoms with Crippen LogP contribution < -0.4 is 11.1 Å². The molecule has 118 valence electrons. The second-order valence-electron chi connectivity index (χ2n) is 6.38. The van der Waals surface area contributed by atoms with Crippen molar-refractivity contribution in [3.63, 3.8) is 0 Å². The van der Waals surface area contributed by atoms with Crippen molar-refractivity contribution in [1.29, 1.82) is 0 Å². The molecular formula is C16H33N3O. The van der Waals surface area contributed by atoms with E-state index in [1.165, 1.54) is 45.2 Å². The van der Waals surface area contributed by atoms with Crippen LogP contribution in [0.5, 0.6) is 0 Å². The number of nitrogens with zero attached hydrogens (tertiary/aromatic N) is 1. The molecule has 1 aliphatic rings. The number of nitrogens with two attached hydrogens (primary N) is 1. The first kappa shape index (κ1) is 17.4. The fourth-order valence-electron chi connectivity index (χ4n) is 3.18. The molecule has 4 nitrogen and oxygen atoms in total. The molecular weight excluding hydrogens is 250 g/mol. The summed E-state index contributed by atoms with van der Waals surface area (Å²) in [6, 6.07) is 0.792. The quantitative estimate of drug-likeness (QED) is 0.638. The van der Waals surface area contributed by atoms with Gasteiger partial charge in [-0.1, -0.05) is 19.8 Å². The van der Waals surface area contributed by atoms with Gasteiger partial charge in [0.1, 0.15) is 0 Å². The van der Waals surface area contributed by atoms with E-state index in [2.05, 4.69) is 17.1 Å². The molecule has 0 aromatic heterocycles. The summed E-state index contributed by atoms with van der Waals surface area (Å²) < 4.78 is 0. The second-order valence-corrected chi connectivity index (χ2v) is 6.38. The Hall–Kier alpha value is -0.610. The molecule has 0 aliphatic carbocycles. The molecule has 0 aromatic rings. The molecule has 1 saturated heterocycles. The van der Waals surface area contributed by atoms with E-state index >= 15 is 0 Å². The zero-order valence-electron chi connectivity index (χ0n) is 13.6. The lowest BCUT2D eigenvalue weighted by Gasteiger charge is -2.36. The molecule has 0 aromatic carbocycles. The van der Waals surface area contributed by atoms with Crippen molar-refractivity contribution in [3.05, 3.63) is 0 Å². The predicted molar refractivity (Wildman–Crippen MR) is 84.6 cm³/mol. The van der Waals surface area contributed by atoms with Crippen molar-refractivity contribution < 1.29 is 4.79 Å². The third-order valence-corrected chi connectivity index (χ3v) is 4.84. The Labute approximate surface area is 124 Å². The molecule has 2 atom stereocenters. The number of hydrogen-bond donors (Lipinski definition) is 2. The monoisotopic (exact) mass is 283 g/mol. The van der Waals surface area contributed by atoms with Gasteiger partial charge in [-0.25, -0.2) is 0 Å². The molecule has 0 saturated carbocycles. The van der Waals surface area contributed by atoms with Crippen molar-refractivity contribution in [1.82, 2.24) is 10.2 Å². The smallest absolute Gasteiger partial charge is 0.237 e. The molecule has 1 rings (SSSR count). The van der Waals surface area contributed by atoms with E-state index in [-0.39, 0.29) is 5.91 Å². The van der Waals surface area contributed by atoms with Crippen LogP contribution in [-0.2, 0) is 4.79 Å². The molecule has 20 heavy (non-hydrogen) atoms. The summed E-state index contributed by atoms with van der Waals surface area (Å²) in [5.41, 5.74) is 4.91. The summed E-state index contributed by atoms with van der Waals surface area (Å²) in [6.45, 7) is 6.60. The summed E-state index contributed by atoms with van der Waals surface area (Å²) in [5.74, 6) is -0.248. The van der Waals surface area contributed by atoms with Crippen LogP contribution in [0, 0.1) is 0 Å². The minimum absolute atomic E-state index is 0.248. The molecule has 0 radical (unpaired) electrons. The van der Waals surface area contributed by atoms with Gasteiger partial charge < -0.3 is 16.0 Å². The van der Waals surface area contributed by atoms with Crippen LogP contribution in [0.4, 0.5) is 0 Å². The fourth-order valence-corrected chi connectivity index (χ4v) is 3.18. The molecule has 1 heterocycles. The lowest BCUT2D eigenvalue weighted by atomic mass is 9.93. The number of rotatable bonds is 9. The van der Waals surface area contributed by atoms with Gasteiger partial charge in [0.15, 0.2) is 0 Å². The van der Waals surface area contributed by atoms with Crippen LogP contribution in [0.3, 0.4) is 0 Å². The Kier molecular flexibility index (Phi) is 7.52. The molecule has 0 spiro atoms. The Morgan fingerprint density at radius 3 is 2.75 bits per heavy atom. The average molecular weight is 283 g/mol. The number of carbonyl (C=O) groups excluding carboxylic acids is 1. The molecule has 2 unspecified atom stereocenters. The number of nitrogens with one attached hydrogen (secondary N) is 1. The molecule has 4 heteroatoms. The van der Waals surface area contributed by atoms with Crippen LogP contribution in [0.25, 0.3) is 0 Å². The van der Waals surface area contributed by atoms with Gasteiger partial charge in [0.05, 0.1) is 5.54 Å². The van der Waals surface area contributed by atoms with E-state index in [0.717, 1.165) is 25.3 Å². The number of piperidine rings is 1. The Morgan fingerprint density at radius 2 is 2.15 bits per heavy atom. The highest BCUT2D eigenvalue weighted by molar-refractivity contribution is 5.84. The SMILES string of the molecule is CCCC1CCCCN1CCCCC(C)(NC)C(N)=O. The van der Waals surface area contributed by atoms with Crippen LogP contribution in [0.2, 0.25) is 0 Å². The number of hydrogen-bond acceptors (Lipinski definition) is 3. The van der Waals surface area contributed by atoms with E-state index in [1.807, 2.05) is 14.0 Å². The lowest BCUT2D eigenvalue weighted by molar-refractivity contribution is -0.123. The van der Waals surface area contributed by atoms with Crippen molar-refractivity contribution in [2.45, 2.75) is 76.8 Å². The molecule has 3 N–H and O–H groups in total. The number of primary amides is 1. The number of amides is 1. The van der Waals surface area contributed by atoms with E-state index < -0.39 is 5.54 Å². The van der Waals surface area contributed by atoms with Crippen molar-refractivity contribution >= 4 is 5.91 Å². The Balaban J connectivity index is 2.30. The Bertz CT molecular complexity index is 293. The molecule has 1 amide bonds. The average Bonchev–Trinajstić information content (AvgIpc) is 2.45. The largest absolute Gasteiger partial charge is 0.368 e. The molecule has 1 fully saturated rings. The topological polar surface area (TPSA) is 58.4 Å². The maximum absolute atomic E-state index is 11.4. The van der Waals surface area contributed by atoms with E-state index in [4.69, 9.17) is 5.73 Å². The third-order valence-electron chi connectivity index (χ3n) is 4.84. The maximum atomic E-state index is 11.4. The first-order valence-corrected chi connectivity index (χ1v) is 8.26. The first-order valence-electron chi connectivity index (χ1n) is 8.26. The van der Waals surface area contributed by atoms with Gasteiger partial charge in [-0.05, 0) is 65.6 Å². The lowest BCUT2D eigenvalue weighted by Crippen LogP contribution is -2.51.